The van der Waals surface area contributed by atoms with Crippen molar-refractivity contribution in [1.82, 2.24) is 4.90 Å². The van der Waals surface area contributed by atoms with Crippen LogP contribution in [0.5, 0.6) is 0 Å². The third-order valence-electron chi connectivity index (χ3n) is 2.89. The Kier molecular flexibility index (Phi) is 4.99. The summed E-state index contributed by atoms with van der Waals surface area (Å²) in [5.74, 6) is 1.02. The number of rotatable bonds is 3. The van der Waals surface area contributed by atoms with Crippen molar-refractivity contribution in [2.24, 2.45) is 5.92 Å². The summed E-state index contributed by atoms with van der Waals surface area (Å²) < 4.78 is 0. The first kappa shape index (κ1) is 11.5. The minimum Gasteiger partial charge on any atom is -0.343 e. The van der Waals surface area contributed by atoms with Gasteiger partial charge in [0.05, 0.1) is 0 Å². The Balaban J connectivity index is 2.27. The van der Waals surface area contributed by atoms with E-state index in [0.717, 1.165) is 25.9 Å². The third-order valence-corrected chi connectivity index (χ3v) is 2.89. The molecule has 14 heavy (non-hydrogen) atoms. The van der Waals surface area contributed by atoms with E-state index < -0.39 is 0 Å². The molecule has 1 saturated heterocycles. The van der Waals surface area contributed by atoms with Crippen LogP contribution in [0.2, 0.25) is 0 Å². The van der Waals surface area contributed by atoms with Crippen molar-refractivity contribution in [3.05, 3.63) is 0 Å². The molecule has 2 heteroatoms. The van der Waals surface area contributed by atoms with Gasteiger partial charge in [-0.1, -0.05) is 26.7 Å². The molecule has 1 aliphatic rings. The Bertz CT molecular complexity index is 169. The molecule has 1 heterocycles. The van der Waals surface area contributed by atoms with Crippen molar-refractivity contribution >= 4 is 5.91 Å². The molecule has 1 rings (SSSR count). The molecule has 0 radical (unpaired) electrons. The monoisotopic (exact) mass is 197 g/mol. The molecular weight excluding hydrogens is 174 g/mol. The Hall–Kier alpha value is -0.530. The third kappa shape index (κ3) is 4.12. The van der Waals surface area contributed by atoms with E-state index in [9.17, 15) is 4.79 Å². The number of likely N-dealkylation sites (tertiary alicyclic amines) is 1. The SMILES string of the molecule is CC(C)CCC(=O)N1CCCCCC1. The lowest BCUT2D eigenvalue weighted by Gasteiger charge is -2.20. The van der Waals surface area contributed by atoms with Crippen LogP contribution in [0, 0.1) is 5.92 Å². The van der Waals surface area contributed by atoms with Crippen molar-refractivity contribution in [3.8, 4) is 0 Å². The lowest BCUT2D eigenvalue weighted by molar-refractivity contribution is -0.131. The maximum Gasteiger partial charge on any atom is 0.222 e. The summed E-state index contributed by atoms with van der Waals surface area (Å²) in [6.45, 7) is 6.35. The van der Waals surface area contributed by atoms with Crippen LogP contribution in [-0.4, -0.2) is 23.9 Å². The van der Waals surface area contributed by atoms with Crippen molar-refractivity contribution in [1.29, 1.82) is 0 Å². The minimum atomic E-state index is 0.376. The molecule has 0 aromatic heterocycles. The quantitative estimate of drug-likeness (QED) is 0.681. The summed E-state index contributed by atoms with van der Waals surface area (Å²) in [6, 6.07) is 0. The molecule has 82 valence electrons. The molecule has 0 saturated carbocycles. The Morgan fingerprint density at radius 3 is 2.21 bits per heavy atom. The zero-order chi connectivity index (χ0) is 10.4. The highest BCUT2D eigenvalue weighted by Crippen LogP contribution is 2.12. The van der Waals surface area contributed by atoms with E-state index in [1.54, 1.807) is 0 Å². The van der Waals surface area contributed by atoms with Crippen LogP contribution < -0.4 is 0 Å². The number of hydrogen-bond donors (Lipinski definition) is 0. The van der Waals surface area contributed by atoms with Gasteiger partial charge in [0.15, 0.2) is 0 Å². The van der Waals surface area contributed by atoms with Crippen LogP contribution in [0.15, 0.2) is 0 Å². The fourth-order valence-corrected chi connectivity index (χ4v) is 1.89. The Morgan fingerprint density at radius 1 is 1.14 bits per heavy atom. The molecule has 2 nitrogen and oxygen atoms in total. The molecule has 0 atom stereocenters. The molecule has 0 unspecified atom stereocenters. The molecule has 0 bridgehead atoms. The average molecular weight is 197 g/mol. The molecule has 1 fully saturated rings. The van der Waals surface area contributed by atoms with Gasteiger partial charge in [-0.25, -0.2) is 0 Å². The van der Waals surface area contributed by atoms with Crippen LogP contribution in [-0.2, 0) is 4.79 Å². The van der Waals surface area contributed by atoms with Gasteiger partial charge < -0.3 is 4.90 Å². The van der Waals surface area contributed by atoms with Crippen molar-refractivity contribution in [3.63, 3.8) is 0 Å². The molecule has 0 spiro atoms. The summed E-state index contributed by atoms with van der Waals surface area (Å²) in [4.78, 5) is 13.8. The fourth-order valence-electron chi connectivity index (χ4n) is 1.89. The number of carbonyl (C=O) groups is 1. The standard InChI is InChI=1S/C12H23NO/c1-11(2)7-8-12(14)13-9-5-3-4-6-10-13/h11H,3-10H2,1-2H3. The van der Waals surface area contributed by atoms with Gasteiger partial charge in [-0.3, -0.25) is 4.79 Å². The van der Waals surface area contributed by atoms with E-state index in [2.05, 4.69) is 18.7 Å². The van der Waals surface area contributed by atoms with Gasteiger partial charge in [-0.15, -0.1) is 0 Å². The molecule has 0 aliphatic carbocycles. The van der Waals surface area contributed by atoms with E-state index in [-0.39, 0.29) is 0 Å². The maximum atomic E-state index is 11.8. The summed E-state index contributed by atoms with van der Waals surface area (Å²) in [6.07, 6.45) is 6.79. The Morgan fingerprint density at radius 2 is 1.71 bits per heavy atom. The smallest absolute Gasteiger partial charge is 0.222 e. The highest BCUT2D eigenvalue weighted by molar-refractivity contribution is 5.76. The van der Waals surface area contributed by atoms with E-state index in [1.807, 2.05) is 0 Å². The highest BCUT2D eigenvalue weighted by atomic mass is 16.2. The number of amides is 1. The zero-order valence-electron chi connectivity index (χ0n) is 9.59. The Labute approximate surface area is 87.7 Å². The van der Waals surface area contributed by atoms with Gasteiger partial charge in [0.25, 0.3) is 0 Å². The molecule has 0 aromatic rings. The molecule has 1 amide bonds. The average Bonchev–Trinajstić information content (AvgIpc) is 2.42. The lowest BCUT2D eigenvalue weighted by Crippen LogP contribution is -2.31. The first-order chi connectivity index (χ1) is 6.70. The molecule has 1 aliphatic heterocycles. The molecule has 0 aromatic carbocycles. The largest absolute Gasteiger partial charge is 0.343 e. The van der Waals surface area contributed by atoms with Crippen molar-refractivity contribution in [2.45, 2.75) is 52.4 Å². The number of carbonyl (C=O) groups excluding carboxylic acids is 1. The summed E-state index contributed by atoms with van der Waals surface area (Å²) in [7, 11) is 0. The van der Waals surface area contributed by atoms with Gasteiger partial charge in [0.2, 0.25) is 5.91 Å². The number of hydrogen-bond acceptors (Lipinski definition) is 1. The van der Waals surface area contributed by atoms with E-state index in [0.29, 0.717) is 11.8 Å². The summed E-state index contributed by atoms with van der Waals surface area (Å²) in [5, 5.41) is 0. The van der Waals surface area contributed by atoms with Crippen LogP contribution >= 0.6 is 0 Å². The van der Waals surface area contributed by atoms with Crippen LogP contribution in [0.3, 0.4) is 0 Å². The van der Waals surface area contributed by atoms with Gasteiger partial charge in [-0.05, 0) is 25.2 Å². The van der Waals surface area contributed by atoms with Crippen molar-refractivity contribution in [2.75, 3.05) is 13.1 Å². The van der Waals surface area contributed by atoms with E-state index in [4.69, 9.17) is 0 Å². The van der Waals surface area contributed by atoms with E-state index in [1.165, 1.54) is 25.7 Å². The van der Waals surface area contributed by atoms with Gasteiger partial charge >= 0.3 is 0 Å². The van der Waals surface area contributed by atoms with Crippen molar-refractivity contribution < 1.29 is 4.79 Å². The first-order valence-electron chi connectivity index (χ1n) is 5.98. The van der Waals surface area contributed by atoms with Gasteiger partial charge in [0.1, 0.15) is 0 Å². The van der Waals surface area contributed by atoms with Crippen LogP contribution in [0.25, 0.3) is 0 Å². The zero-order valence-corrected chi connectivity index (χ0v) is 9.59. The first-order valence-corrected chi connectivity index (χ1v) is 5.98. The predicted molar refractivity (Wildman–Crippen MR) is 59.1 cm³/mol. The second-order valence-corrected chi connectivity index (χ2v) is 4.73. The van der Waals surface area contributed by atoms with Crippen LogP contribution in [0.4, 0.5) is 0 Å². The topological polar surface area (TPSA) is 20.3 Å². The molecule has 0 N–H and O–H groups in total. The predicted octanol–water partition coefficient (Wildman–Crippen LogP) is 2.83. The maximum absolute atomic E-state index is 11.8. The normalized spacial score (nSPS) is 18.4. The van der Waals surface area contributed by atoms with Crippen LogP contribution in [0.1, 0.15) is 52.4 Å². The molecular formula is C12H23NO. The second-order valence-electron chi connectivity index (χ2n) is 4.73. The fraction of sp³-hybridized carbons (Fsp3) is 0.917. The highest BCUT2D eigenvalue weighted by Gasteiger charge is 2.14. The van der Waals surface area contributed by atoms with Gasteiger partial charge in [-0.2, -0.15) is 0 Å². The summed E-state index contributed by atoms with van der Waals surface area (Å²) in [5.41, 5.74) is 0. The lowest BCUT2D eigenvalue weighted by atomic mass is 10.1. The van der Waals surface area contributed by atoms with E-state index >= 15 is 0 Å². The minimum absolute atomic E-state index is 0.376. The van der Waals surface area contributed by atoms with Gasteiger partial charge in [0, 0.05) is 19.5 Å². The number of nitrogens with zero attached hydrogens (tertiary/aromatic N) is 1. The summed E-state index contributed by atoms with van der Waals surface area (Å²) >= 11 is 0. The second kappa shape index (κ2) is 6.05.